The standard InChI is InChI=1S/C14H20N2O4/c1-10-4-6-16(7-5-10)9-11-2-3-12(20-11)14(19)15-8-13(17)18/h2-3,10H,4-9H2,1H3,(H,15,19)(H,17,18). The van der Waals surface area contributed by atoms with Crippen molar-refractivity contribution in [1.29, 1.82) is 0 Å². The second-order valence-electron chi connectivity index (χ2n) is 5.30. The molecule has 2 heterocycles. The lowest BCUT2D eigenvalue weighted by atomic mass is 9.99. The molecule has 0 saturated carbocycles. The van der Waals surface area contributed by atoms with Gasteiger partial charge in [-0.1, -0.05) is 6.92 Å². The summed E-state index contributed by atoms with van der Waals surface area (Å²) in [6.07, 6.45) is 2.37. The highest BCUT2D eigenvalue weighted by molar-refractivity contribution is 5.93. The van der Waals surface area contributed by atoms with Gasteiger partial charge in [0, 0.05) is 0 Å². The van der Waals surface area contributed by atoms with Crippen molar-refractivity contribution in [2.45, 2.75) is 26.3 Å². The molecule has 6 nitrogen and oxygen atoms in total. The fourth-order valence-electron chi connectivity index (χ4n) is 2.27. The van der Waals surface area contributed by atoms with Gasteiger partial charge in [-0.2, -0.15) is 0 Å². The molecule has 1 aliphatic heterocycles. The van der Waals surface area contributed by atoms with E-state index < -0.39 is 18.4 Å². The summed E-state index contributed by atoms with van der Waals surface area (Å²) in [6.45, 7) is 4.64. The normalized spacial score (nSPS) is 17.1. The molecule has 0 bridgehead atoms. The van der Waals surface area contributed by atoms with Gasteiger partial charge in [0.05, 0.1) is 6.54 Å². The number of rotatable bonds is 5. The zero-order valence-corrected chi connectivity index (χ0v) is 11.6. The Morgan fingerprint density at radius 1 is 1.40 bits per heavy atom. The molecular formula is C14H20N2O4. The van der Waals surface area contributed by atoms with Crippen molar-refractivity contribution >= 4 is 11.9 Å². The first-order chi connectivity index (χ1) is 9.54. The van der Waals surface area contributed by atoms with E-state index in [1.54, 1.807) is 12.1 Å². The van der Waals surface area contributed by atoms with Crippen molar-refractivity contribution in [3.63, 3.8) is 0 Å². The average molecular weight is 280 g/mol. The van der Waals surface area contributed by atoms with Crippen LogP contribution in [0.15, 0.2) is 16.5 Å². The van der Waals surface area contributed by atoms with E-state index in [2.05, 4.69) is 17.1 Å². The van der Waals surface area contributed by atoms with Crippen molar-refractivity contribution in [1.82, 2.24) is 10.2 Å². The number of piperidine rings is 1. The number of likely N-dealkylation sites (tertiary alicyclic amines) is 1. The maximum atomic E-state index is 11.6. The molecule has 1 saturated heterocycles. The molecule has 20 heavy (non-hydrogen) atoms. The molecule has 0 aromatic carbocycles. The second-order valence-corrected chi connectivity index (χ2v) is 5.30. The number of aliphatic carboxylic acids is 1. The summed E-state index contributed by atoms with van der Waals surface area (Å²) in [7, 11) is 0. The highest BCUT2D eigenvalue weighted by Gasteiger charge is 2.18. The van der Waals surface area contributed by atoms with Crippen LogP contribution in [-0.2, 0) is 11.3 Å². The van der Waals surface area contributed by atoms with Gasteiger partial charge >= 0.3 is 5.97 Å². The van der Waals surface area contributed by atoms with Crippen molar-refractivity contribution in [3.05, 3.63) is 23.7 Å². The van der Waals surface area contributed by atoms with E-state index in [-0.39, 0.29) is 5.76 Å². The Morgan fingerprint density at radius 3 is 2.75 bits per heavy atom. The van der Waals surface area contributed by atoms with E-state index in [1.807, 2.05) is 0 Å². The van der Waals surface area contributed by atoms with Crippen molar-refractivity contribution < 1.29 is 19.1 Å². The second kappa shape index (κ2) is 6.56. The smallest absolute Gasteiger partial charge is 0.322 e. The maximum absolute atomic E-state index is 11.6. The monoisotopic (exact) mass is 280 g/mol. The summed E-state index contributed by atoms with van der Waals surface area (Å²) in [5.74, 6) is 0.102. The topological polar surface area (TPSA) is 82.8 Å². The Morgan fingerprint density at radius 2 is 2.10 bits per heavy atom. The highest BCUT2D eigenvalue weighted by Crippen LogP contribution is 2.19. The number of hydrogen-bond acceptors (Lipinski definition) is 4. The molecule has 6 heteroatoms. The predicted molar refractivity (Wildman–Crippen MR) is 72.4 cm³/mol. The lowest BCUT2D eigenvalue weighted by molar-refractivity contribution is -0.135. The Bertz CT molecular complexity index is 475. The van der Waals surface area contributed by atoms with Gasteiger partial charge in [0.1, 0.15) is 12.3 Å². The Hall–Kier alpha value is -1.82. The van der Waals surface area contributed by atoms with Gasteiger partial charge in [-0.3, -0.25) is 14.5 Å². The highest BCUT2D eigenvalue weighted by atomic mass is 16.4. The van der Waals surface area contributed by atoms with Crippen LogP contribution in [-0.4, -0.2) is 41.5 Å². The molecule has 2 rings (SSSR count). The van der Waals surface area contributed by atoms with Gasteiger partial charge in [-0.15, -0.1) is 0 Å². The van der Waals surface area contributed by atoms with Crippen LogP contribution in [0.2, 0.25) is 0 Å². The SMILES string of the molecule is CC1CCN(Cc2ccc(C(=O)NCC(=O)O)o2)CC1. The quantitative estimate of drug-likeness (QED) is 0.850. The van der Waals surface area contributed by atoms with Gasteiger partial charge < -0.3 is 14.8 Å². The van der Waals surface area contributed by atoms with Crippen LogP contribution in [0, 0.1) is 5.92 Å². The first-order valence-electron chi connectivity index (χ1n) is 6.85. The van der Waals surface area contributed by atoms with Crippen LogP contribution in [0.25, 0.3) is 0 Å². The van der Waals surface area contributed by atoms with Gasteiger partial charge in [0.2, 0.25) is 0 Å². The molecule has 0 atom stereocenters. The lowest BCUT2D eigenvalue weighted by Crippen LogP contribution is -2.32. The van der Waals surface area contributed by atoms with E-state index >= 15 is 0 Å². The predicted octanol–water partition coefficient (Wildman–Crippen LogP) is 1.33. The molecule has 1 aromatic rings. The molecule has 1 amide bonds. The number of carbonyl (C=O) groups is 2. The van der Waals surface area contributed by atoms with Crippen LogP contribution < -0.4 is 5.32 Å². The molecule has 1 aromatic heterocycles. The minimum absolute atomic E-state index is 0.159. The largest absolute Gasteiger partial charge is 0.480 e. The van der Waals surface area contributed by atoms with Gasteiger partial charge in [0.25, 0.3) is 5.91 Å². The van der Waals surface area contributed by atoms with E-state index in [9.17, 15) is 9.59 Å². The van der Waals surface area contributed by atoms with E-state index in [0.717, 1.165) is 24.8 Å². The van der Waals surface area contributed by atoms with Crippen molar-refractivity contribution in [3.8, 4) is 0 Å². The van der Waals surface area contributed by atoms with Crippen LogP contribution in [0.1, 0.15) is 36.1 Å². The van der Waals surface area contributed by atoms with Crippen molar-refractivity contribution in [2.24, 2.45) is 5.92 Å². The Balaban J connectivity index is 1.85. The van der Waals surface area contributed by atoms with Crippen LogP contribution in [0.5, 0.6) is 0 Å². The van der Waals surface area contributed by atoms with E-state index in [0.29, 0.717) is 6.54 Å². The fraction of sp³-hybridized carbons (Fsp3) is 0.571. The molecule has 0 aliphatic carbocycles. The molecule has 0 unspecified atom stereocenters. The van der Waals surface area contributed by atoms with E-state index in [4.69, 9.17) is 9.52 Å². The van der Waals surface area contributed by atoms with Gasteiger partial charge in [-0.05, 0) is 44.0 Å². The number of carbonyl (C=O) groups excluding carboxylic acids is 1. The third kappa shape index (κ3) is 4.09. The summed E-state index contributed by atoms with van der Waals surface area (Å²) in [5, 5.41) is 10.8. The van der Waals surface area contributed by atoms with Gasteiger partial charge in [-0.25, -0.2) is 0 Å². The summed E-state index contributed by atoms with van der Waals surface area (Å²) in [5.41, 5.74) is 0. The summed E-state index contributed by atoms with van der Waals surface area (Å²) < 4.78 is 5.46. The average Bonchev–Trinajstić information content (AvgIpc) is 2.87. The minimum atomic E-state index is -1.08. The number of carboxylic acid groups (broad SMARTS) is 1. The van der Waals surface area contributed by atoms with Crippen LogP contribution in [0.3, 0.4) is 0 Å². The number of amides is 1. The lowest BCUT2D eigenvalue weighted by Gasteiger charge is -2.29. The minimum Gasteiger partial charge on any atom is -0.480 e. The Kier molecular flexibility index (Phi) is 4.79. The third-order valence-electron chi connectivity index (χ3n) is 3.54. The molecule has 0 spiro atoms. The number of furan rings is 1. The number of nitrogens with one attached hydrogen (secondary N) is 1. The molecule has 1 fully saturated rings. The Labute approximate surface area is 117 Å². The van der Waals surface area contributed by atoms with E-state index in [1.165, 1.54) is 12.8 Å². The number of hydrogen-bond donors (Lipinski definition) is 2. The summed E-state index contributed by atoms with van der Waals surface area (Å²) >= 11 is 0. The molecule has 110 valence electrons. The van der Waals surface area contributed by atoms with Crippen LogP contribution >= 0.6 is 0 Å². The van der Waals surface area contributed by atoms with Crippen molar-refractivity contribution in [2.75, 3.05) is 19.6 Å². The molecule has 0 radical (unpaired) electrons. The molecule has 2 N–H and O–H groups in total. The maximum Gasteiger partial charge on any atom is 0.322 e. The summed E-state index contributed by atoms with van der Waals surface area (Å²) in [4.78, 5) is 24.3. The summed E-state index contributed by atoms with van der Waals surface area (Å²) in [6, 6.07) is 3.35. The van der Waals surface area contributed by atoms with Crippen LogP contribution in [0.4, 0.5) is 0 Å². The third-order valence-corrected chi connectivity index (χ3v) is 3.54. The zero-order valence-electron chi connectivity index (χ0n) is 11.6. The first-order valence-corrected chi connectivity index (χ1v) is 6.85. The zero-order chi connectivity index (χ0) is 14.5. The molecule has 1 aliphatic rings. The van der Waals surface area contributed by atoms with Gasteiger partial charge in [0.15, 0.2) is 5.76 Å². The fourth-order valence-corrected chi connectivity index (χ4v) is 2.27. The number of nitrogens with zero attached hydrogens (tertiary/aromatic N) is 1. The molecular weight excluding hydrogens is 260 g/mol. The first kappa shape index (κ1) is 14.6. The number of carboxylic acids is 1.